The summed E-state index contributed by atoms with van der Waals surface area (Å²) in [6.07, 6.45) is 0. The number of rotatable bonds is 3. The maximum absolute atomic E-state index is 6.05. The van der Waals surface area contributed by atoms with E-state index in [1.807, 2.05) is 12.1 Å². The predicted molar refractivity (Wildman–Crippen MR) is 164 cm³/mol. The summed E-state index contributed by atoms with van der Waals surface area (Å²) in [6.45, 7) is 2.20. The fourth-order valence-corrected chi connectivity index (χ4v) is 6.05. The molecule has 0 radical (unpaired) electrons. The van der Waals surface area contributed by atoms with E-state index < -0.39 is 0 Å². The van der Waals surface area contributed by atoms with Gasteiger partial charge in [0, 0.05) is 27.2 Å². The summed E-state index contributed by atoms with van der Waals surface area (Å²) in [5, 5.41) is 4.86. The molecule has 0 saturated carbocycles. The second-order valence-corrected chi connectivity index (χ2v) is 10.3. The van der Waals surface area contributed by atoms with Crippen molar-refractivity contribution >= 4 is 43.7 Å². The standard InChI is InChI=1S/C37H25NO/c1-24-9-7-15-31-32-22-27(17-19-34(32)38(37(24)31)29-12-3-2-4-13-29)25-10-8-11-26(21-25)28-18-20-36-33(23-28)30-14-5-6-16-35(30)39-36/h2-23H,1H3. The van der Waals surface area contributed by atoms with Crippen LogP contribution >= 0.6 is 0 Å². The van der Waals surface area contributed by atoms with Crippen LogP contribution in [0.1, 0.15) is 5.56 Å². The number of fused-ring (bicyclic) bond motifs is 6. The fraction of sp³-hybridized carbons (Fsp3) is 0.0270. The van der Waals surface area contributed by atoms with E-state index in [0.29, 0.717) is 0 Å². The summed E-state index contributed by atoms with van der Waals surface area (Å²) in [5.74, 6) is 0. The zero-order valence-corrected chi connectivity index (χ0v) is 21.6. The molecule has 0 saturated heterocycles. The zero-order valence-electron chi connectivity index (χ0n) is 21.6. The lowest BCUT2D eigenvalue weighted by Crippen LogP contribution is -1.94. The molecule has 0 N–H and O–H groups in total. The number of nitrogens with zero attached hydrogens (tertiary/aromatic N) is 1. The maximum Gasteiger partial charge on any atom is 0.135 e. The second-order valence-electron chi connectivity index (χ2n) is 10.3. The van der Waals surface area contributed by atoms with E-state index in [0.717, 1.165) is 21.9 Å². The minimum atomic E-state index is 0.923. The van der Waals surface area contributed by atoms with Gasteiger partial charge in [0.2, 0.25) is 0 Å². The summed E-state index contributed by atoms with van der Waals surface area (Å²) >= 11 is 0. The summed E-state index contributed by atoms with van der Waals surface area (Å²) in [7, 11) is 0. The Labute approximate surface area is 226 Å². The highest BCUT2D eigenvalue weighted by atomic mass is 16.3. The zero-order chi connectivity index (χ0) is 25.9. The molecule has 39 heavy (non-hydrogen) atoms. The molecular weight excluding hydrogens is 474 g/mol. The van der Waals surface area contributed by atoms with Crippen LogP contribution in [0.15, 0.2) is 138 Å². The van der Waals surface area contributed by atoms with Gasteiger partial charge in [0.05, 0.1) is 11.0 Å². The molecule has 0 amide bonds. The van der Waals surface area contributed by atoms with Crippen LogP contribution in [0.4, 0.5) is 0 Å². The Morgan fingerprint density at radius 3 is 1.95 bits per heavy atom. The molecule has 0 aliphatic carbocycles. The van der Waals surface area contributed by atoms with Crippen LogP contribution in [-0.4, -0.2) is 4.57 Å². The fourth-order valence-electron chi connectivity index (χ4n) is 6.05. The van der Waals surface area contributed by atoms with Gasteiger partial charge >= 0.3 is 0 Å². The average Bonchev–Trinajstić information content (AvgIpc) is 3.53. The molecule has 6 aromatic carbocycles. The first kappa shape index (κ1) is 22.0. The topological polar surface area (TPSA) is 18.1 Å². The van der Waals surface area contributed by atoms with E-state index >= 15 is 0 Å². The van der Waals surface area contributed by atoms with Gasteiger partial charge < -0.3 is 8.98 Å². The highest BCUT2D eigenvalue weighted by molar-refractivity contribution is 6.11. The molecule has 0 aliphatic rings. The quantitative estimate of drug-likeness (QED) is 0.236. The van der Waals surface area contributed by atoms with Gasteiger partial charge in [-0.05, 0) is 83.3 Å². The first-order valence-electron chi connectivity index (χ1n) is 13.4. The van der Waals surface area contributed by atoms with Crippen LogP contribution in [0.5, 0.6) is 0 Å². The Bertz CT molecular complexity index is 2180. The third-order valence-corrected chi connectivity index (χ3v) is 7.91. The Morgan fingerprint density at radius 1 is 0.462 bits per heavy atom. The number of aryl methyl sites for hydroxylation is 1. The summed E-state index contributed by atoms with van der Waals surface area (Å²) in [4.78, 5) is 0. The average molecular weight is 500 g/mol. The summed E-state index contributed by atoms with van der Waals surface area (Å²) in [6, 6.07) is 47.7. The van der Waals surface area contributed by atoms with E-state index in [4.69, 9.17) is 4.42 Å². The number of furan rings is 1. The van der Waals surface area contributed by atoms with Crippen molar-refractivity contribution in [2.45, 2.75) is 6.92 Å². The monoisotopic (exact) mass is 499 g/mol. The third-order valence-electron chi connectivity index (χ3n) is 7.91. The van der Waals surface area contributed by atoms with Crippen molar-refractivity contribution in [3.63, 3.8) is 0 Å². The number of hydrogen-bond donors (Lipinski definition) is 0. The Hall–Kier alpha value is -5.08. The predicted octanol–water partition coefficient (Wildman–Crippen LogP) is 10.3. The number of benzene rings is 6. The Kier molecular flexibility index (Phi) is 4.77. The molecule has 0 fully saturated rings. The van der Waals surface area contributed by atoms with E-state index in [2.05, 4.69) is 133 Å². The van der Waals surface area contributed by atoms with Gasteiger partial charge in [0.15, 0.2) is 0 Å². The van der Waals surface area contributed by atoms with Crippen molar-refractivity contribution in [2.24, 2.45) is 0 Å². The van der Waals surface area contributed by atoms with Crippen LogP contribution in [0.3, 0.4) is 0 Å². The van der Waals surface area contributed by atoms with Crippen molar-refractivity contribution in [1.82, 2.24) is 4.57 Å². The first-order valence-corrected chi connectivity index (χ1v) is 13.4. The summed E-state index contributed by atoms with van der Waals surface area (Å²) in [5.41, 5.74) is 11.6. The van der Waals surface area contributed by atoms with E-state index in [9.17, 15) is 0 Å². The maximum atomic E-state index is 6.05. The molecular formula is C37H25NO. The molecule has 2 nitrogen and oxygen atoms in total. The van der Waals surface area contributed by atoms with Crippen molar-refractivity contribution in [2.75, 3.05) is 0 Å². The molecule has 0 aliphatic heterocycles. The SMILES string of the molecule is Cc1cccc2c3cc(-c4cccc(-c5ccc6oc7ccccc7c6c5)c4)ccc3n(-c3ccccc3)c12. The first-order chi connectivity index (χ1) is 19.2. The highest BCUT2D eigenvalue weighted by Gasteiger charge is 2.15. The van der Waals surface area contributed by atoms with Gasteiger partial charge in [-0.15, -0.1) is 0 Å². The molecule has 0 atom stereocenters. The number of hydrogen-bond acceptors (Lipinski definition) is 1. The van der Waals surface area contributed by atoms with Crippen LogP contribution in [0.25, 0.3) is 71.7 Å². The molecule has 8 rings (SSSR count). The van der Waals surface area contributed by atoms with Gasteiger partial charge in [-0.25, -0.2) is 0 Å². The van der Waals surface area contributed by atoms with Gasteiger partial charge in [-0.3, -0.25) is 0 Å². The Balaban J connectivity index is 1.29. The van der Waals surface area contributed by atoms with Crippen LogP contribution in [0, 0.1) is 6.92 Å². The highest BCUT2D eigenvalue weighted by Crippen LogP contribution is 2.38. The Morgan fingerprint density at radius 2 is 1.10 bits per heavy atom. The second kappa shape index (κ2) is 8.47. The van der Waals surface area contributed by atoms with Crippen molar-refractivity contribution in [1.29, 1.82) is 0 Å². The number of aromatic nitrogens is 1. The van der Waals surface area contributed by atoms with E-state index in [-0.39, 0.29) is 0 Å². The molecule has 8 aromatic rings. The van der Waals surface area contributed by atoms with Crippen molar-refractivity contribution < 1.29 is 4.42 Å². The summed E-state index contributed by atoms with van der Waals surface area (Å²) < 4.78 is 8.45. The lowest BCUT2D eigenvalue weighted by molar-refractivity contribution is 0.669. The molecule has 2 heteroatoms. The van der Waals surface area contributed by atoms with Crippen molar-refractivity contribution in [3.05, 3.63) is 139 Å². The van der Waals surface area contributed by atoms with Crippen LogP contribution in [0.2, 0.25) is 0 Å². The molecule has 184 valence electrons. The molecule has 2 heterocycles. The van der Waals surface area contributed by atoms with Gasteiger partial charge in [0.25, 0.3) is 0 Å². The molecule has 2 aromatic heterocycles. The van der Waals surface area contributed by atoms with Gasteiger partial charge in [-0.1, -0.05) is 84.9 Å². The molecule has 0 spiro atoms. The lowest BCUT2D eigenvalue weighted by atomic mass is 9.97. The minimum absolute atomic E-state index is 0.923. The van der Waals surface area contributed by atoms with Crippen LogP contribution in [-0.2, 0) is 0 Å². The molecule has 0 unspecified atom stereocenters. The number of para-hydroxylation sites is 3. The third kappa shape index (κ3) is 3.42. The van der Waals surface area contributed by atoms with Gasteiger partial charge in [0.1, 0.15) is 11.2 Å². The molecule has 0 bridgehead atoms. The van der Waals surface area contributed by atoms with E-state index in [1.54, 1.807) is 0 Å². The normalized spacial score (nSPS) is 11.7. The van der Waals surface area contributed by atoms with Crippen LogP contribution < -0.4 is 0 Å². The smallest absolute Gasteiger partial charge is 0.135 e. The largest absolute Gasteiger partial charge is 0.456 e. The van der Waals surface area contributed by atoms with E-state index in [1.165, 1.54) is 55.3 Å². The minimum Gasteiger partial charge on any atom is -0.456 e. The van der Waals surface area contributed by atoms with Gasteiger partial charge in [-0.2, -0.15) is 0 Å². The lowest BCUT2D eigenvalue weighted by Gasteiger charge is -2.10. The van der Waals surface area contributed by atoms with Crippen molar-refractivity contribution in [3.8, 4) is 27.9 Å².